The SMILES string of the molecule is COc1ccc(-c2[nH]c3ccccc3c2SCCNC(=O)c2cccc([N+](=O)[O-])c2)cc1. The highest BCUT2D eigenvalue weighted by molar-refractivity contribution is 7.99. The number of benzene rings is 3. The van der Waals surface area contributed by atoms with Crippen LogP contribution in [0.5, 0.6) is 5.75 Å². The van der Waals surface area contributed by atoms with Gasteiger partial charge in [0, 0.05) is 45.8 Å². The van der Waals surface area contributed by atoms with E-state index in [4.69, 9.17) is 4.74 Å². The second-order valence-corrected chi connectivity index (χ2v) is 8.12. The number of nitro benzene ring substituents is 1. The van der Waals surface area contributed by atoms with Crippen molar-refractivity contribution in [3.05, 3.63) is 88.5 Å². The van der Waals surface area contributed by atoms with Gasteiger partial charge in [0.25, 0.3) is 11.6 Å². The number of fused-ring (bicyclic) bond motifs is 1. The van der Waals surface area contributed by atoms with Gasteiger partial charge in [-0.25, -0.2) is 0 Å². The minimum atomic E-state index is -0.510. The van der Waals surface area contributed by atoms with Gasteiger partial charge in [0.2, 0.25) is 0 Å². The normalized spacial score (nSPS) is 10.8. The van der Waals surface area contributed by atoms with Gasteiger partial charge in [-0.3, -0.25) is 14.9 Å². The van der Waals surface area contributed by atoms with E-state index < -0.39 is 4.92 Å². The molecule has 0 atom stereocenters. The molecule has 0 saturated heterocycles. The van der Waals surface area contributed by atoms with Crippen molar-refractivity contribution in [2.24, 2.45) is 0 Å². The smallest absolute Gasteiger partial charge is 0.270 e. The van der Waals surface area contributed by atoms with Crippen LogP contribution in [0, 0.1) is 10.1 Å². The Morgan fingerprint density at radius 2 is 1.88 bits per heavy atom. The van der Waals surface area contributed by atoms with Crippen molar-refractivity contribution in [1.82, 2.24) is 10.3 Å². The van der Waals surface area contributed by atoms with E-state index in [9.17, 15) is 14.9 Å². The number of aromatic amines is 1. The molecule has 0 spiro atoms. The summed E-state index contributed by atoms with van der Waals surface area (Å²) in [5, 5.41) is 14.9. The third-order valence-electron chi connectivity index (χ3n) is 4.99. The fourth-order valence-electron chi connectivity index (χ4n) is 3.41. The van der Waals surface area contributed by atoms with Gasteiger partial charge in [0.1, 0.15) is 5.75 Å². The van der Waals surface area contributed by atoms with Gasteiger partial charge in [-0.15, -0.1) is 11.8 Å². The lowest BCUT2D eigenvalue weighted by Crippen LogP contribution is -2.25. The molecule has 0 aliphatic heterocycles. The number of hydrogen-bond donors (Lipinski definition) is 2. The molecule has 4 aromatic rings. The first kappa shape index (κ1) is 21.5. The molecule has 2 N–H and O–H groups in total. The number of ether oxygens (including phenoxy) is 1. The fraction of sp³-hybridized carbons (Fsp3) is 0.125. The molecule has 7 nitrogen and oxygen atoms in total. The van der Waals surface area contributed by atoms with Crippen molar-refractivity contribution in [2.45, 2.75) is 4.90 Å². The van der Waals surface area contributed by atoms with Crippen LogP contribution in [-0.4, -0.2) is 35.2 Å². The second kappa shape index (κ2) is 9.57. The van der Waals surface area contributed by atoms with Crippen LogP contribution in [0.1, 0.15) is 10.4 Å². The molecule has 1 amide bonds. The lowest BCUT2D eigenvalue weighted by atomic mass is 10.1. The van der Waals surface area contributed by atoms with Gasteiger partial charge in [0.15, 0.2) is 0 Å². The van der Waals surface area contributed by atoms with Crippen molar-refractivity contribution in [3.63, 3.8) is 0 Å². The molecule has 4 rings (SSSR count). The van der Waals surface area contributed by atoms with Crippen LogP contribution in [0.25, 0.3) is 22.2 Å². The summed E-state index contributed by atoms with van der Waals surface area (Å²) >= 11 is 1.65. The third kappa shape index (κ3) is 4.60. The quantitative estimate of drug-likeness (QED) is 0.166. The summed E-state index contributed by atoms with van der Waals surface area (Å²) in [4.78, 5) is 27.4. The molecule has 0 aliphatic carbocycles. The fourth-order valence-corrected chi connectivity index (χ4v) is 4.46. The number of amides is 1. The molecule has 8 heteroatoms. The Morgan fingerprint density at radius 1 is 1.09 bits per heavy atom. The number of para-hydroxylation sites is 1. The van der Waals surface area contributed by atoms with E-state index in [1.165, 1.54) is 18.2 Å². The van der Waals surface area contributed by atoms with Crippen LogP contribution in [0.3, 0.4) is 0 Å². The minimum Gasteiger partial charge on any atom is -0.497 e. The molecular weight excluding hydrogens is 426 g/mol. The summed E-state index contributed by atoms with van der Waals surface area (Å²) in [5.74, 6) is 1.11. The molecule has 0 saturated carbocycles. The molecule has 0 bridgehead atoms. The number of nitrogens with one attached hydrogen (secondary N) is 2. The van der Waals surface area contributed by atoms with Crippen LogP contribution in [0.15, 0.2) is 77.7 Å². The summed E-state index contributed by atoms with van der Waals surface area (Å²) < 4.78 is 5.26. The Kier molecular flexibility index (Phi) is 6.42. The maximum atomic E-state index is 12.4. The number of rotatable bonds is 8. The number of carbonyl (C=O) groups excluding carboxylic acids is 1. The molecular formula is C24H21N3O4S. The zero-order chi connectivity index (χ0) is 22.5. The Bertz CT molecular complexity index is 1270. The molecule has 0 fully saturated rings. The molecule has 162 valence electrons. The number of H-pyrrole nitrogens is 1. The van der Waals surface area contributed by atoms with Gasteiger partial charge in [-0.2, -0.15) is 0 Å². The minimum absolute atomic E-state index is 0.102. The van der Waals surface area contributed by atoms with Crippen LogP contribution >= 0.6 is 11.8 Å². The molecule has 0 aliphatic rings. The first-order valence-electron chi connectivity index (χ1n) is 9.97. The van der Waals surface area contributed by atoms with E-state index >= 15 is 0 Å². The van der Waals surface area contributed by atoms with E-state index in [1.54, 1.807) is 24.9 Å². The van der Waals surface area contributed by atoms with Gasteiger partial charge in [-0.05, 0) is 42.0 Å². The standard InChI is InChI=1S/C24H21N3O4S/c1-31-19-11-9-16(10-12-19)22-23(20-7-2-3-8-21(20)26-22)32-14-13-25-24(28)17-5-4-6-18(15-17)27(29)30/h2-12,15,26H,13-14H2,1H3,(H,25,28). The summed E-state index contributed by atoms with van der Waals surface area (Å²) in [6, 6.07) is 21.7. The van der Waals surface area contributed by atoms with E-state index in [0.717, 1.165) is 32.8 Å². The van der Waals surface area contributed by atoms with Crippen LogP contribution < -0.4 is 10.1 Å². The molecule has 3 aromatic carbocycles. The average Bonchev–Trinajstić information content (AvgIpc) is 3.20. The molecule has 32 heavy (non-hydrogen) atoms. The number of methoxy groups -OCH3 is 1. The van der Waals surface area contributed by atoms with Gasteiger partial charge in [0.05, 0.1) is 17.7 Å². The maximum absolute atomic E-state index is 12.4. The van der Waals surface area contributed by atoms with E-state index in [0.29, 0.717) is 12.3 Å². The Labute approximate surface area is 188 Å². The van der Waals surface area contributed by atoms with E-state index in [2.05, 4.69) is 16.4 Å². The van der Waals surface area contributed by atoms with Gasteiger partial charge < -0.3 is 15.0 Å². The van der Waals surface area contributed by atoms with Crippen molar-refractivity contribution in [1.29, 1.82) is 0 Å². The highest BCUT2D eigenvalue weighted by Crippen LogP contribution is 2.38. The number of hydrogen-bond acceptors (Lipinski definition) is 5. The van der Waals surface area contributed by atoms with Crippen molar-refractivity contribution < 1.29 is 14.5 Å². The summed E-state index contributed by atoms with van der Waals surface area (Å²) in [7, 11) is 1.64. The predicted molar refractivity (Wildman–Crippen MR) is 126 cm³/mol. The third-order valence-corrected chi connectivity index (χ3v) is 6.11. The molecule has 1 heterocycles. The summed E-state index contributed by atoms with van der Waals surface area (Å²) in [5.41, 5.74) is 3.28. The Balaban J connectivity index is 1.47. The van der Waals surface area contributed by atoms with Crippen molar-refractivity contribution in [3.8, 4) is 17.0 Å². The first-order valence-corrected chi connectivity index (χ1v) is 11.0. The van der Waals surface area contributed by atoms with Gasteiger partial charge in [-0.1, -0.05) is 24.3 Å². The van der Waals surface area contributed by atoms with Crippen molar-refractivity contribution in [2.75, 3.05) is 19.4 Å². The number of nitro groups is 1. The zero-order valence-corrected chi connectivity index (χ0v) is 18.1. The first-order chi connectivity index (χ1) is 15.6. The number of nitrogens with zero attached hydrogens (tertiary/aromatic N) is 1. The van der Waals surface area contributed by atoms with E-state index in [1.807, 2.05) is 42.5 Å². The van der Waals surface area contributed by atoms with E-state index in [-0.39, 0.29) is 17.2 Å². The number of aromatic nitrogens is 1. The second-order valence-electron chi connectivity index (χ2n) is 7.02. The highest BCUT2D eigenvalue weighted by atomic mass is 32.2. The monoisotopic (exact) mass is 447 g/mol. The van der Waals surface area contributed by atoms with Crippen LogP contribution in [-0.2, 0) is 0 Å². The highest BCUT2D eigenvalue weighted by Gasteiger charge is 2.15. The van der Waals surface area contributed by atoms with Crippen molar-refractivity contribution >= 4 is 34.3 Å². The summed E-state index contributed by atoms with van der Waals surface area (Å²) in [6.45, 7) is 0.424. The topological polar surface area (TPSA) is 97.3 Å². The zero-order valence-electron chi connectivity index (χ0n) is 17.3. The Hall–Kier alpha value is -3.78. The largest absolute Gasteiger partial charge is 0.497 e. The van der Waals surface area contributed by atoms with Gasteiger partial charge >= 0.3 is 0 Å². The molecule has 1 aromatic heterocycles. The number of thioether (sulfide) groups is 1. The van der Waals surface area contributed by atoms with Crippen LogP contribution in [0.4, 0.5) is 5.69 Å². The maximum Gasteiger partial charge on any atom is 0.270 e. The summed E-state index contributed by atoms with van der Waals surface area (Å²) in [6.07, 6.45) is 0. The number of non-ortho nitro benzene ring substituents is 1. The number of carbonyl (C=O) groups is 1. The Morgan fingerprint density at radius 3 is 2.62 bits per heavy atom. The average molecular weight is 448 g/mol. The molecule has 0 unspecified atom stereocenters. The lowest BCUT2D eigenvalue weighted by Gasteiger charge is -2.08. The lowest BCUT2D eigenvalue weighted by molar-refractivity contribution is -0.384. The van der Waals surface area contributed by atoms with Crippen LogP contribution in [0.2, 0.25) is 0 Å². The molecule has 0 radical (unpaired) electrons. The predicted octanol–water partition coefficient (Wildman–Crippen LogP) is 5.27.